The van der Waals surface area contributed by atoms with Gasteiger partial charge in [-0.15, -0.1) is 10.2 Å². The van der Waals surface area contributed by atoms with Gasteiger partial charge >= 0.3 is 24.6 Å². The van der Waals surface area contributed by atoms with Crippen molar-refractivity contribution >= 4 is 11.8 Å². The average molecular weight is 609 g/mol. The molecule has 0 saturated heterocycles. The van der Waals surface area contributed by atoms with Gasteiger partial charge in [-0.25, -0.2) is 4.79 Å². The normalized spacial score (nSPS) is 18.5. The summed E-state index contributed by atoms with van der Waals surface area (Å²) in [5.41, 5.74) is -5.05. The molecule has 0 N–H and O–H groups in total. The molecule has 7 nitrogen and oxygen atoms in total. The van der Waals surface area contributed by atoms with Crippen molar-refractivity contribution in [3.05, 3.63) is 70.0 Å². The number of amides is 1. The number of anilines is 1. The van der Waals surface area contributed by atoms with Crippen molar-refractivity contribution in [3.8, 4) is 0 Å². The Morgan fingerprint density at radius 3 is 2.00 bits per heavy atom. The molecular weight excluding hydrogens is 585 g/mol. The van der Waals surface area contributed by atoms with Gasteiger partial charge in [0.2, 0.25) is 0 Å². The van der Waals surface area contributed by atoms with E-state index < -0.39 is 64.8 Å². The molecule has 0 aliphatic carbocycles. The maximum absolute atomic E-state index is 13.8. The second-order valence-electron chi connectivity index (χ2n) is 9.70. The van der Waals surface area contributed by atoms with Gasteiger partial charge in [-0.05, 0) is 72.5 Å². The topological polar surface area (TPSA) is 73.1 Å². The zero-order valence-electron chi connectivity index (χ0n) is 22.3. The lowest BCUT2D eigenvalue weighted by Crippen LogP contribution is -2.46. The van der Waals surface area contributed by atoms with Crippen LogP contribution in [0.2, 0.25) is 0 Å². The van der Waals surface area contributed by atoms with Gasteiger partial charge in [0.15, 0.2) is 5.82 Å². The van der Waals surface area contributed by atoms with Crippen molar-refractivity contribution in [1.29, 1.82) is 0 Å². The fourth-order valence-corrected chi connectivity index (χ4v) is 5.22. The predicted octanol–water partition coefficient (Wildman–Crippen LogP) is 7.33. The largest absolute Gasteiger partial charge is 0.449 e. The highest BCUT2D eigenvalue weighted by Gasteiger charge is 2.45. The molecule has 0 radical (unpaired) electrons. The summed E-state index contributed by atoms with van der Waals surface area (Å²) in [6.45, 7) is 3.15. The highest BCUT2D eigenvalue weighted by molar-refractivity contribution is 5.90. The number of hydrogen-bond donors (Lipinski definition) is 0. The van der Waals surface area contributed by atoms with Gasteiger partial charge in [0.05, 0.1) is 42.0 Å². The number of halogens is 9. The number of ether oxygens (including phenoxy) is 1. The third kappa shape index (κ3) is 6.16. The summed E-state index contributed by atoms with van der Waals surface area (Å²) in [6.07, 6.45) is -16.0. The predicted molar refractivity (Wildman–Crippen MR) is 129 cm³/mol. The fraction of sp³-hybridized carbons (Fsp3) is 0.462. The minimum Gasteiger partial charge on any atom is -0.449 e. The van der Waals surface area contributed by atoms with E-state index in [9.17, 15) is 44.3 Å². The Labute approximate surface area is 233 Å². The fourth-order valence-electron chi connectivity index (χ4n) is 5.22. The number of carbonyl (C=O) groups excluding carboxylic acids is 1. The van der Waals surface area contributed by atoms with E-state index in [-0.39, 0.29) is 42.6 Å². The minimum atomic E-state index is -5.18. The summed E-state index contributed by atoms with van der Waals surface area (Å²) < 4.78 is 129. The average Bonchev–Trinajstić information content (AvgIpc) is 3.32. The van der Waals surface area contributed by atoms with Crippen molar-refractivity contribution in [2.75, 3.05) is 11.5 Å². The zero-order valence-corrected chi connectivity index (χ0v) is 22.3. The highest BCUT2D eigenvalue weighted by atomic mass is 19.4. The number of benzene rings is 2. The molecule has 2 aromatic carbocycles. The smallest absolute Gasteiger partial charge is 0.416 e. The zero-order chi connectivity index (χ0) is 31.2. The summed E-state index contributed by atoms with van der Waals surface area (Å²) in [4.78, 5) is 15.0. The van der Waals surface area contributed by atoms with Crippen LogP contribution in [0.15, 0.2) is 36.4 Å². The van der Waals surface area contributed by atoms with Crippen LogP contribution in [0.1, 0.15) is 72.2 Å². The van der Waals surface area contributed by atoms with Crippen molar-refractivity contribution < 1.29 is 49.0 Å². The van der Waals surface area contributed by atoms with Gasteiger partial charge < -0.3 is 4.74 Å². The van der Waals surface area contributed by atoms with Gasteiger partial charge in [-0.3, -0.25) is 4.90 Å². The lowest BCUT2D eigenvalue weighted by atomic mass is 9.73. The lowest BCUT2D eigenvalue weighted by Gasteiger charge is -2.42. The number of hydrogen-bond acceptors (Lipinski definition) is 5. The second kappa shape index (κ2) is 11.1. The lowest BCUT2D eigenvalue weighted by molar-refractivity contribution is -0.143. The Hall–Kier alpha value is -3.85. The Bertz CT molecular complexity index is 1420. The standard InChI is InChI=1S/C26H24F9N5O2/c1-4-17-12-19(18-11-14(24(27,28)29)6-7-20(18)40(17)23(41)42-5-2)21(22-36-38-39(3)37-22)13-8-15(25(30,31)32)10-16(9-13)26(33,34)35/h6-11,17,19,21H,4-5,12H2,1-3H3/t17-,19-,21?/m1/s1. The van der Waals surface area contributed by atoms with Crippen molar-refractivity contribution in [2.24, 2.45) is 7.05 Å². The first kappa shape index (κ1) is 31.1. The molecule has 1 aromatic heterocycles. The van der Waals surface area contributed by atoms with Crippen LogP contribution in [0.5, 0.6) is 0 Å². The molecule has 1 unspecified atom stereocenters. The number of aryl methyl sites for hydroxylation is 1. The van der Waals surface area contributed by atoms with E-state index in [2.05, 4.69) is 15.4 Å². The Morgan fingerprint density at radius 2 is 1.52 bits per heavy atom. The second-order valence-corrected chi connectivity index (χ2v) is 9.70. The number of aromatic nitrogens is 4. The third-order valence-electron chi connectivity index (χ3n) is 7.01. The molecule has 3 aromatic rings. The highest BCUT2D eigenvalue weighted by Crippen LogP contribution is 2.51. The first-order chi connectivity index (χ1) is 19.5. The van der Waals surface area contributed by atoms with Crippen LogP contribution >= 0.6 is 0 Å². The van der Waals surface area contributed by atoms with Crippen LogP contribution in [0.4, 0.5) is 50.0 Å². The molecule has 228 valence electrons. The summed E-state index contributed by atoms with van der Waals surface area (Å²) in [6, 6.07) is 2.73. The molecule has 0 saturated carbocycles. The number of rotatable bonds is 5. The van der Waals surface area contributed by atoms with Crippen molar-refractivity contribution in [3.63, 3.8) is 0 Å². The molecule has 42 heavy (non-hydrogen) atoms. The van der Waals surface area contributed by atoms with Crippen molar-refractivity contribution in [1.82, 2.24) is 20.2 Å². The van der Waals surface area contributed by atoms with Crippen LogP contribution < -0.4 is 4.90 Å². The first-order valence-electron chi connectivity index (χ1n) is 12.7. The van der Waals surface area contributed by atoms with Gasteiger partial charge in [0.25, 0.3) is 0 Å². The van der Waals surface area contributed by atoms with E-state index in [4.69, 9.17) is 4.74 Å². The maximum atomic E-state index is 13.8. The number of nitrogens with zero attached hydrogens (tertiary/aromatic N) is 5. The molecule has 0 bridgehead atoms. The van der Waals surface area contributed by atoms with E-state index in [1.54, 1.807) is 6.92 Å². The van der Waals surface area contributed by atoms with E-state index in [1.165, 1.54) is 14.0 Å². The molecule has 0 spiro atoms. The quantitative estimate of drug-likeness (QED) is 0.284. The summed E-state index contributed by atoms with van der Waals surface area (Å²) in [7, 11) is 1.31. The summed E-state index contributed by atoms with van der Waals surface area (Å²) in [5.74, 6) is -3.02. The van der Waals surface area contributed by atoms with Crippen LogP contribution in [0.3, 0.4) is 0 Å². The molecule has 16 heteroatoms. The number of fused-ring (bicyclic) bond motifs is 1. The van der Waals surface area contributed by atoms with Gasteiger partial charge in [-0.2, -0.15) is 44.3 Å². The monoisotopic (exact) mass is 609 g/mol. The SMILES string of the molecule is CCOC(=O)N1c2ccc(C(F)(F)F)cc2[C@H](C(c2cc(C(F)(F)F)cc(C(F)(F)F)c2)c2nnn(C)n2)C[C@H]1CC. The van der Waals surface area contributed by atoms with E-state index in [1.807, 2.05) is 0 Å². The number of alkyl halides is 9. The van der Waals surface area contributed by atoms with Crippen LogP contribution in [-0.4, -0.2) is 38.9 Å². The molecule has 2 heterocycles. The van der Waals surface area contributed by atoms with E-state index in [0.29, 0.717) is 12.1 Å². The van der Waals surface area contributed by atoms with Crippen LogP contribution in [0.25, 0.3) is 0 Å². The number of carbonyl (C=O) groups is 1. The third-order valence-corrected chi connectivity index (χ3v) is 7.01. The van der Waals surface area contributed by atoms with E-state index >= 15 is 0 Å². The minimum absolute atomic E-state index is 0.0264. The van der Waals surface area contributed by atoms with Crippen LogP contribution in [-0.2, 0) is 30.3 Å². The van der Waals surface area contributed by atoms with E-state index in [0.717, 1.165) is 27.9 Å². The van der Waals surface area contributed by atoms with Crippen LogP contribution in [0, 0.1) is 0 Å². The molecule has 0 fully saturated rings. The summed E-state index contributed by atoms with van der Waals surface area (Å²) in [5, 5.41) is 11.5. The maximum Gasteiger partial charge on any atom is 0.416 e. The molecule has 4 rings (SSSR count). The van der Waals surface area contributed by atoms with Gasteiger partial charge in [-0.1, -0.05) is 6.92 Å². The van der Waals surface area contributed by atoms with Gasteiger partial charge in [0.1, 0.15) is 0 Å². The Morgan fingerprint density at radius 1 is 0.929 bits per heavy atom. The molecule has 1 aliphatic rings. The molecule has 3 atom stereocenters. The Balaban J connectivity index is 2.04. The van der Waals surface area contributed by atoms with Gasteiger partial charge in [0, 0.05) is 12.0 Å². The first-order valence-corrected chi connectivity index (χ1v) is 12.7. The summed E-state index contributed by atoms with van der Waals surface area (Å²) >= 11 is 0. The molecular formula is C26H24F9N5O2. The van der Waals surface area contributed by atoms with Crippen molar-refractivity contribution in [2.45, 2.75) is 63.1 Å². The Kier molecular flexibility index (Phi) is 8.21. The number of tetrazole rings is 1. The molecule has 1 aliphatic heterocycles. The molecule has 1 amide bonds.